The minimum absolute atomic E-state index is 0.0172. The summed E-state index contributed by atoms with van der Waals surface area (Å²) in [6.45, 7) is 7.71. The Morgan fingerprint density at radius 1 is 1.07 bits per heavy atom. The maximum atomic E-state index is 12.6. The van der Waals surface area contributed by atoms with Crippen LogP contribution < -0.4 is 10.9 Å². The highest BCUT2D eigenvalue weighted by Gasteiger charge is 2.18. The molecule has 0 spiro atoms. The lowest BCUT2D eigenvalue weighted by molar-refractivity contribution is -0.121. The molecule has 0 aliphatic rings. The summed E-state index contributed by atoms with van der Waals surface area (Å²) >= 11 is 0. The fraction of sp³-hybridized carbons (Fsp3) is 0.333. The molecule has 6 heteroatoms. The van der Waals surface area contributed by atoms with Crippen molar-refractivity contribution in [3.63, 3.8) is 0 Å². The van der Waals surface area contributed by atoms with Gasteiger partial charge in [-0.15, -0.1) is 0 Å². The molecule has 0 fully saturated rings. The lowest BCUT2D eigenvalue weighted by Gasteiger charge is -2.14. The largest absolute Gasteiger partial charge is 0.469 e. The van der Waals surface area contributed by atoms with Gasteiger partial charge >= 0.3 is 5.63 Å². The zero-order valence-corrected chi connectivity index (χ0v) is 17.6. The first kappa shape index (κ1) is 20.0. The third-order valence-corrected chi connectivity index (χ3v) is 5.73. The van der Waals surface area contributed by atoms with Crippen molar-refractivity contribution in [1.29, 1.82) is 0 Å². The molecule has 1 amide bonds. The Labute approximate surface area is 173 Å². The van der Waals surface area contributed by atoms with Crippen molar-refractivity contribution in [3.05, 3.63) is 69.2 Å². The average Bonchev–Trinajstić information content (AvgIpc) is 3.31. The average molecular weight is 407 g/mol. The molecule has 4 rings (SSSR count). The van der Waals surface area contributed by atoms with E-state index in [1.165, 1.54) is 0 Å². The van der Waals surface area contributed by atoms with Gasteiger partial charge in [-0.2, -0.15) is 0 Å². The molecule has 3 aromatic heterocycles. The van der Waals surface area contributed by atoms with Gasteiger partial charge in [0.15, 0.2) is 0 Å². The predicted octanol–water partition coefficient (Wildman–Crippen LogP) is 4.74. The second-order valence-corrected chi connectivity index (χ2v) is 7.88. The van der Waals surface area contributed by atoms with Crippen LogP contribution in [0.15, 0.2) is 48.6 Å². The van der Waals surface area contributed by atoms with Crippen LogP contribution in [0.4, 0.5) is 0 Å². The number of benzene rings is 1. The molecule has 0 radical (unpaired) electrons. The van der Waals surface area contributed by atoms with Crippen LogP contribution in [-0.4, -0.2) is 11.9 Å². The van der Waals surface area contributed by atoms with Crippen molar-refractivity contribution in [2.45, 2.75) is 53.0 Å². The summed E-state index contributed by atoms with van der Waals surface area (Å²) in [6, 6.07) is 7.45. The second kappa shape index (κ2) is 7.86. The molecule has 1 N–H and O–H groups in total. The third kappa shape index (κ3) is 3.77. The first-order valence-corrected chi connectivity index (χ1v) is 10.1. The van der Waals surface area contributed by atoms with Crippen LogP contribution in [0.1, 0.15) is 41.6 Å². The number of carbonyl (C=O) groups is 1. The van der Waals surface area contributed by atoms with E-state index in [1.54, 1.807) is 12.3 Å². The zero-order chi connectivity index (χ0) is 21.4. The molecule has 0 aliphatic carbocycles. The predicted molar refractivity (Wildman–Crippen MR) is 115 cm³/mol. The number of hydrogen-bond donors (Lipinski definition) is 1. The standard InChI is InChI=1S/C24H25NO5/c1-13(7-8-17-6-5-9-28-17)25-23(26)11-20-15(3)19-10-18-14(2)16(4)29-21(18)12-22(19)30-24(20)27/h5-6,9-10,12-13H,7-8,11H2,1-4H3,(H,25,26)/t13-/m1/s1. The van der Waals surface area contributed by atoms with Crippen LogP contribution in [0.5, 0.6) is 0 Å². The molecule has 0 saturated carbocycles. The van der Waals surface area contributed by atoms with Gasteiger partial charge < -0.3 is 18.6 Å². The number of carbonyl (C=O) groups excluding carboxylic acids is 1. The van der Waals surface area contributed by atoms with E-state index in [0.29, 0.717) is 16.7 Å². The maximum Gasteiger partial charge on any atom is 0.340 e. The van der Waals surface area contributed by atoms with E-state index in [9.17, 15) is 9.59 Å². The third-order valence-electron chi connectivity index (χ3n) is 5.73. The van der Waals surface area contributed by atoms with Crippen LogP contribution in [0, 0.1) is 20.8 Å². The second-order valence-electron chi connectivity index (χ2n) is 7.88. The smallest absolute Gasteiger partial charge is 0.340 e. The fourth-order valence-electron chi connectivity index (χ4n) is 3.80. The minimum Gasteiger partial charge on any atom is -0.469 e. The van der Waals surface area contributed by atoms with Gasteiger partial charge in [0, 0.05) is 29.3 Å². The van der Waals surface area contributed by atoms with E-state index in [-0.39, 0.29) is 18.4 Å². The molecule has 1 atom stereocenters. The van der Waals surface area contributed by atoms with Crippen molar-refractivity contribution in [2.24, 2.45) is 0 Å². The molecule has 156 valence electrons. The van der Waals surface area contributed by atoms with Gasteiger partial charge in [-0.25, -0.2) is 4.79 Å². The molecule has 30 heavy (non-hydrogen) atoms. The highest BCUT2D eigenvalue weighted by molar-refractivity contribution is 5.97. The summed E-state index contributed by atoms with van der Waals surface area (Å²) in [5, 5.41) is 4.76. The highest BCUT2D eigenvalue weighted by Crippen LogP contribution is 2.31. The topological polar surface area (TPSA) is 85.6 Å². The van der Waals surface area contributed by atoms with Gasteiger partial charge in [0.25, 0.3) is 0 Å². The van der Waals surface area contributed by atoms with Crippen molar-refractivity contribution in [1.82, 2.24) is 5.32 Å². The number of aryl methyl sites for hydroxylation is 4. The summed E-state index contributed by atoms with van der Waals surface area (Å²) in [6.07, 6.45) is 3.11. The first-order chi connectivity index (χ1) is 14.3. The van der Waals surface area contributed by atoms with E-state index in [4.69, 9.17) is 13.3 Å². The van der Waals surface area contributed by atoms with E-state index in [0.717, 1.165) is 46.3 Å². The Hall–Kier alpha value is -3.28. The van der Waals surface area contributed by atoms with Crippen molar-refractivity contribution < 1.29 is 18.0 Å². The molecule has 0 aliphatic heterocycles. The summed E-state index contributed by atoms with van der Waals surface area (Å²) in [5.41, 5.74) is 2.88. The number of rotatable bonds is 6. The minimum atomic E-state index is -0.488. The van der Waals surface area contributed by atoms with E-state index in [2.05, 4.69) is 5.32 Å². The van der Waals surface area contributed by atoms with Crippen molar-refractivity contribution >= 4 is 27.8 Å². The number of furan rings is 2. The molecule has 1 aromatic carbocycles. The number of hydrogen-bond acceptors (Lipinski definition) is 5. The molecular formula is C24H25NO5. The fourth-order valence-corrected chi connectivity index (χ4v) is 3.80. The van der Waals surface area contributed by atoms with Crippen LogP contribution in [0.2, 0.25) is 0 Å². The molecule has 4 aromatic rings. The van der Waals surface area contributed by atoms with Gasteiger partial charge in [-0.3, -0.25) is 4.79 Å². The van der Waals surface area contributed by atoms with Gasteiger partial charge in [-0.05, 0) is 63.4 Å². The Kier molecular flexibility index (Phi) is 5.24. The Morgan fingerprint density at radius 2 is 1.80 bits per heavy atom. The van der Waals surface area contributed by atoms with E-state index >= 15 is 0 Å². The van der Waals surface area contributed by atoms with Crippen molar-refractivity contribution in [2.75, 3.05) is 0 Å². The molecular weight excluding hydrogens is 382 g/mol. The number of fused-ring (bicyclic) bond motifs is 2. The van der Waals surface area contributed by atoms with Crippen LogP contribution in [0.3, 0.4) is 0 Å². The molecule has 0 bridgehead atoms. The van der Waals surface area contributed by atoms with Gasteiger partial charge in [-0.1, -0.05) is 0 Å². The van der Waals surface area contributed by atoms with Crippen LogP contribution in [-0.2, 0) is 17.6 Å². The Balaban J connectivity index is 1.55. The van der Waals surface area contributed by atoms with Gasteiger partial charge in [0.1, 0.15) is 22.7 Å². The molecule has 3 heterocycles. The summed E-state index contributed by atoms with van der Waals surface area (Å²) in [5.74, 6) is 1.52. The lowest BCUT2D eigenvalue weighted by Crippen LogP contribution is -2.35. The monoisotopic (exact) mass is 407 g/mol. The summed E-state index contributed by atoms with van der Waals surface area (Å²) in [4.78, 5) is 25.1. The SMILES string of the molecule is Cc1oc2cc3oc(=O)c(CC(=O)N[C@H](C)CCc4ccco4)c(C)c3cc2c1C. The molecule has 6 nitrogen and oxygen atoms in total. The highest BCUT2D eigenvalue weighted by atomic mass is 16.4. The normalized spacial score (nSPS) is 12.5. The van der Waals surface area contributed by atoms with Gasteiger partial charge in [0.05, 0.1) is 18.2 Å². The Bertz CT molecular complexity index is 1280. The summed E-state index contributed by atoms with van der Waals surface area (Å²) in [7, 11) is 0. The zero-order valence-electron chi connectivity index (χ0n) is 17.6. The quantitative estimate of drug-likeness (QED) is 0.467. The maximum absolute atomic E-state index is 12.6. The first-order valence-electron chi connectivity index (χ1n) is 10.1. The van der Waals surface area contributed by atoms with Gasteiger partial charge in [0.2, 0.25) is 5.91 Å². The van der Waals surface area contributed by atoms with E-state index < -0.39 is 5.63 Å². The molecule has 0 unspecified atom stereocenters. The van der Waals surface area contributed by atoms with Crippen molar-refractivity contribution in [3.8, 4) is 0 Å². The van der Waals surface area contributed by atoms with E-state index in [1.807, 2.05) is 45.9 Å². The number of nitrogens with one attached hydrogen (secondary N) is 1. The number of amides is 1. The summed E-state index contributed by atoms with van der Waals surface area (Å²) < 4.78 is 16.6. The van der Waals surface area contributed by atoms with Crippen LogP contribution >= 0.6 is 0 Å². The molecule has 0 saturated heterocycles. The Morgan fingerprint density at radius 3 is 2.53 bits per heavy atom. The van der Waals surface area contributed by atoms with Crippen LogP contribution in [0.25, 0.3) is 21.9 Å². The lowest BCUT2D eigenvalue weighted by atomic mass is 10.0.